The molecule has 6 aromatic rings. The Bertz CT molecular complexity index is 2520. The molecule has 2 aliphatic heterocycles. The smallest absolute Gasteiger partial charge is 0.265 e. The third-order valence-corrected chi connectivity index (χ3v) is 12.5. The van der Waals surface area contributed by atoms with Crippen LogP contribution in [0.3, 0.4) is 0 Å². The number of nitrogens with zero attached hydrogens (tertiary/aromatic N) is 2. The molecule has 2 N–H and O–H groups in total. The number of anilines is 1. The Hall–Kier alpha value is -5.27. The third-order valence-electron chi connectivity index (χ3n) is 10.8. The minimum absolute atomic E-state index is 0.0944. The van der Waals surface area contributed by atoms with Crippen molar-refractivity contribution in [3.05, 3.63) is 95.1 Å². The van der Waals surface area contributed by atoms with Gasteiger partial charge in [-0.15, -0.1) is 0 Å². The second kappa shape index (κ2) is 14.8. The molecule has 0 saturated heterocycles. The first kappa shape index (κ1) is 36.7. The Morgan fingerprint density at radius 2 is 1.11 bits per heavy atom. The van der Waals surface area contributed by atoms with E-state index in [9.17, 15) is 27.6 Å². The van der Waals surface area contributed by atoms with E-state index in [0.717, 1.165) is 62.9 Å². The average Bonchev–Trinajstić information content (AvgIpc) is 3.19. The molecule has 282 valence electrons. The molecule has 0 aliphatic carbocycles. The predicted octanol–water partition coefficient (Wildman–Crippen LogP) is 6.48. The van der Waals surface area contributed by atoms with Crippen LogP contribution >= 0.6 is 0 Å². The van der Waals surface area contributed by atoms with E-state index in [4.69, 9.17) is 9.84 Å². The Labute approximate surface area is 318 Å². The fourth-order valence-electron chi connectivity index (χ4n) is 8.04. The van der Waals surface area contributed by atoms with Crippen LogP contribution in [0, 0.1) is 0 Å². The van der Waals surface area contributed by atoms with Gasteiger partial charge < -0.3 is 15.2 Å². The van der Waals surface area contributed by atoms with Crippen LogP contribution in [0.25, 0.3) is 43.1 Å². The van der Waals surface area contributed by atoms with Crippen LogP contribution in [0.15, 0.2) is 77.7 Å². The molecule has 0 bridgehead atoms. The molecule has 4 amide bonds. The Morgan fingerprint density at radius 1 is 0.600 bits per heavy atom. The number of unbranched alkanes of at least 4 members (excludes halogenated alkanes) is 2. The number of hydrogen-bond donors (Lipinski definition) is 2. The van der Waals surface area contributed by atoms with Crippen molar-refractivity contribution in [1.29, 1.82) is 0 Å². The van der Waals surface area contributed by atoms with Gasteiger partial charge in [0.1, 0.15) is 0 Å². The summed E-state index contributed by atoms with van der Waals surface area (Å²) in [7, 11) is -3.63. The average molecular weight is 760 g/mol. The maximum Gasteiger partial charge on any atom is 0.265 e. The highest BCUT2D eigenvalue weighted by atomic mass is 32.2. The van der Waals surface area contributed by atoms with E-state index in [1.807, 2.05) is 31.2 Å². The lowest BCUT2D eigenvalue weighted by Gasteiger charge is -2.30. The monoisotopic (exact) mass is 759 g/mol. The summed E-state index contributed by atoms with van der Waals surface area (Å²) in [6.07, 6.45) is 3.82. The first-order valence-electron chi connectivity index (χ1n) is 18.8. The number of nitrogens with one attached hydrogen (secondary N) is 1. The summed E-state index contributed by atoms with van der Waals surface area (Å²) < 4.78 is 31.7. The number of ether oxygens (including phenoxy) is 1. The van der Waals surface area contributed by atoms with E-state index in [-0.39, 0.29) is 41.3 Å². The van der Waals surface area contributed by atoms with Crippen molar-refractivity contribution >= 4 is 82.2 Å². The number of imide groups is 2. The van der Waals surface area contributed by atoms with E-state index >= 15 is 0 Å². The van der Waals surface area contributed by atoms with Crippen LogP contribution in [-0.2, 0) is 14.6 Å². The van der Waals surface area contributed by atoms with Gasteiger partial charge in [0, 0.05) is 65.9 Å². The lowest BCUT2D eigenvalue weighted by molar-refractivity contribution is 0.0607. The summed E-state index contributed by atoms with van der Waals surface area (Å²) >= 11 is 0. The predicted molar refractivity (Wildman–Crippen MR) is 212 cm³/mol. The first-order chi connectivity index (χ1) is 26.7. The highest BCUT2D eigenvalue weighted by Gasteiger charge is 2.37. The Balaban J connectivity index is 1.07. The highest BCUT2D eigenvalue weighted by molar-refractivity contribution is 7.91. The number of amides is 4. The summed E-state index contributed by atoms with van der Waals surface area (Å²) in [5.74, 6) is -1.75. The lowest BCUT2D eigenvalue weighted by Crippen LogP contribution is -2.41. The van der Waals surface area contributed by atoms with Crippen LogP contribution in [0.5, 0.6) is 0 Å². The van der Waals surface area contributed by atoms with Crippen molar-refractivity contribution in [2.24, 2.45) is 0 Å². The van der Waals surface area contributed by atoms with E-state index < -0.39 is 21.7 Å². The molecular formula is C43H41N3O8S. The van der Waals surface area contributed by atoms with Crippen molar-refractivity contribution in [2.45, 2.75) is 43.9 Å². The molecular weight excluding hydrogens is 719 g/mol. The van der Waals surface area contributed by atoms with Gasteiger partial charge in [0.25, 0.3) is 23.6 Å². The number of fused-ring (bicyclic) bond motifs is 2. The normalized spacial score (nSPS) is 14.5. The number of carbonyl (C=O) groups is 4. The van der Waals surface area contributed by atoms with Crippen molar-refractivity contribution < 1.29 is 37.4 Å². The summed E-state index contributed by atoms with van der Waals surface area (Å²) in [4.78, 5) is 58.1. The summed E-state index contributed by atoms with van der Waals surface area (Å²) in [6.45, 7) is 4.54. The van der Waals surface area contributed by atoms with Gasteiger partial charge in [0.2, 0.25) is 0 Å². The van der Waals surface area contributed by atoms with Gasteiger partial charge in [-0.3, -0.25) is 24.1 Å². The van der Waals surface area contributed by atoms with E-state index in [0.29, 0.717) is 65.8 Å². The van der Waals surface area contributed by atoms with Crippen LogP contribution in [0.2, 0.25) is 0 Å². The highest BCUT2D eigenvalue weighted by Crippen LogP contribution is 2.46. The van der Waals surface area contributed by atoms with Crippen molar-refractivity contribution in [2.75, 3.05) is 50.1 Å². The molecule has 0 fully saturated rings. The van der Waals surface area contributed by atoms with Crippen LogP contribution in [0.1, 0.15) is 80.5 Å². The zero-order chi connectivity index (χ0) is 38.4. The molecule has 2 aliphatic rings. The molecule has 0 unspecified atom stereocenters. The number of aliphatic hydroxyl groups excluding tert-OH is 1. The molecule has 0 saturated carbocycles. The maximum absolute atomic E-state index is 14.2. The number of benzene rings is 6. The second-order valence-electron chi connectivity index (χ2n) is 14.2. The number of hydrogen-bond acceptors (Lipinski definition) is 9. The molecule has 12 heteroatoms. The van der Waals surface area contributed by atoms with Gasteiger partial charge in [-0.05, 0) is 113 Å². The van der Waals surface area contributed by atoms with E-state index in [2.05, 4.69) is 5.32 Å². The van der Waals surface area contributed by atoms with Gasteiger partial charge in [0.15, 0.2) is 9.84 Å². The molecule has 55 heavy (non-hydrogen) atoms. The number of sulfone groups is 1. The number of rotatable bonds is 16. The van der Waals surface area contributed by atoms with Crippen LogP contribution in [0.4, 0.5) is 5.69 Å². The molecule has 6 aromatic carbocycles. The molecule has 11 nitrogen and oxygen atoms in total. The van der Waals surface area contributed by atoms with Crippen molar-refractivity contribution in [3.8, 4) is 0 Å². The minimum atomic E-state index is -3.63. The first-order valence-corrected chi connectivity index (χ1v) is 20.5. The molecule has 8 rings (SSSR count). The van der Waals surface area contributed by atoms with Crippen molar-refractivity contribution in [3.63, 3.8) is 0 Å². The Morgan fingerprint density at radius 3 is 1.62 bits per heavy atom. The molecule has 0 radical (unpaired) electrons. The molecule has 0 atom stereocenters. The van der Waals surface area contributed by atoms with Crippen LogP contribution in [-0.4, -0.2) is 87.3 Å². The van der Waals surface area contributed by atoms with Gasteiger partial charge in [-0.2, -0.15) is 0 Å². The fourth-order valence-corrected chi connectivity index (χ4v) is 9.24. The SMILES string of the molecule is CCCCN1C(=O)c2ccc3c4ccc5c6c(ccc(c7ccc(c2c37)C1=O)c64)C(=O)N(c1ccc(S(=O)(=O)CCNCCCOCCCCO)cc1)C5=O. The van der Waals surface area contributed by atoms with E-state index in [1.54, 1.807) is 24.3 Å². The second-order valence-corrected chi connectivity index (χ2v) is 16.3. The summed E-state index contributed by atoms with van der Waals surface area (Å²) in [5, 5.41) is 17.9. The number of aliphatic hydroxyl groups is 1. The summed E-state index contributed by atoms with van der Waals surface area (Å²) in [5.41, 5.74) is 1.93. The Kier molecular flexibility index (Phi) is 9.85. The largest absolute Gasteiger partial charge is 0.396 e. The zero-order valence-corrected chi connectivity index (χ0v) is 31.3. The molecule has 0 spiro atoms. The lowest BCUT2D eigenvalue weighted by atomic mass is 9.82. The standard InChI is InChI=1S/C43H41N3O8S/c1-2-3-21-45-40(48)32-15-11-28-30-13-17-34-39-35(18-14-31(37(30)39)29-12-16-33(41(45)49)38(32)36(28)29)43(51)46(42(34)50)26-7-9-27(10-8-26)55(52,53)25-20-44-19-6-24-54-23-5-4-22-47/h7-18,44,47H,2-6,19-25H2,1H3. The van der Waals surface area contributed by atoms with Crippen LogP contribution < -0.4 is 10.2 Å². The minimum Gasteiger partial charge on any atom is -0.396 e. The zero-order valence-electron chi connectivity index (χ0n) is 30.5. The van der Waals surface area contributed by atoms with Gasteiger partial charge in [-0.25, -0.2) is 13.3 Å². The quantitative estimate of drug-likeness (QED) is 0.0490. The van der Waals surface area contributed by atoms with Gasteiger partial charge in [0.05, 0.1) is 16.3 Å². The topological polar surface area (TPSA) is 150 Å². The van der Waals surface area contributed by atoms with Gasteiger partial charge >= 0.3 is 0 Å². The fraction of sp³-hybridized carbons (Fsp3) is 0.302. The summed E-state index contributed by atoms with van der Waals surface area (Å²) in [6, 6.07) is 20.3. The van der Waals surface area contributed by atoms with E-state index in [1.165, 1.54) is 29.2 Å². The van der Waals surface area contributed by atoms with Crippen molar-refractivity contribution in [1.82, 2.24) is 10.2 Å². The molecule has 2 heterocycles. The third kappa shape index (κ3) is 6.13. The van der Waals surface area contributed by atoms with Gasteiger partial charge in [-0.1, -0.05) is 37.6 Å². The number of carbonyl (C=O) groups excluding carboxylic acids is 4. The molecule has 0 aromatic heterocycles. The maximum atomic E-state index is 14.2.